The molecule has 0 spiro atoms. The highest BCUT2D eigenvalue weighted by molar-refractivity contribution is 7.11. The Bertz CT molecular complexity index is 235. The van der Waals surface area contributed by atoms with E-state index in [1.807, 2.05) is 0 Å². The molecule has 0 atom stereocenters. The third-order valence-electron chi connectivity index (χ3n) is 0.800. The molecule has 1 amide bonds. The second-order valence-electron chi connectivity index (χ2n) is 1.57. The quantitative estimate of drug-likeness (QED) is 0.264. The highest BCUT2D eigenvalue weighted by Gasteiger charge is 1.99. The first-order valence-corrected chi connectivity index (χ1v) is 3.77. The van der Waals surface area contributed by atoms with Crippen molar-refractivity contribution in [3.8, 4) is 0 Å². The Morgan fingerprint density at radius 1 is 1.75 bits per heavy atom. The van der Waals surface area contributed by atoms with Gasteiger partial charge in [0.2, 0.25) is 6.41 Å². The molecule has 0 aliphatic carbocycles. The summed E-state index contributed by atoms with van der Waals surface area (Å²) in [6.45, 7) is 0. The highest BCUT2D eigenvalue weighted by Crippen LogP contribution is 2.06. The van der Waals surface area contributed by atoms with Crippen LogP contribution in [0.5, 0.6) is 0 Å². The van der Waals surface area contributed by atoms with Crippen molar-refractivity contribution in [1.82, 2.24) is 5.43 Å². The van der Waals surface area contributed by atoms with Crippen LogP contribution in [0.3, 0.4) is 0 Å². The smallest absolute Gasteiger partial charge is 0.345 e. The number of carboxylic acids is 1. The van der Waals surface area contributed by atoms with Crippen molar-refractivity contribution in [3.63, 3.8) is 0 Å². The molecule has 1 aromatic rings. The first-order chi connectivity index (χ1) is 5.72. The zero-order valence-electron chi connectivity index (χ0n) is 6.06. The van der Waals surface area contributed by atoms with Crippen LogP contribution in [0.4, 0.5) is 0 Å². The largest absolute Gasteiger partial charge is 0.477 e. The Hall–Kier alpha value is -1.40. The summed E-state index contributed by atoms with van der Waals surface area (Å²) in [6.07, 6.45) is 0.403. The SMILES string of the molecule is NNC=O.O=C(O)c1cccs1. The van der Waals surface area contributed by atoms with E-state index in [1.54, 1.807) is 22.9 Å². The second kappa shape index (κ2) is 6.32. The molecule has 0 aliphatic rings. The summed E-state index contributed by atoms with van der Waals surface area (Å²) in [4.78, 5) is 19.4. The average Bonchev–Trinajstić information content (AvgIpc) is 2.57. The van der Waals surface area contributed by atoms with Gasteiger partial charge < -0.3 is 5.11 Å². The van der Waals surface area contributed by atoms with Crippen molar-refractivity contribution in [1.29, 1.82) is 0 Å². The Labute approximate surface area is 72.8 Å². The predicted molar refractivity (Wildman–Crippen MR) is 44.7 cm³/mol. The summed E-state index contributed by atoms with van der Waals surface area (Å²) in [5.41, 5.74) is 1.75. The maximum Gasteiger partial charge on any atom is 0.345 e. The molecule has 0 saturated carbocycles. The molecule has 0 saturated heterocycles. The molecule has 0 aliphatic heterocycles. The van der Waals surface area contributed by atoms with Crippen LogP contribution in [0, 0.1) is 0 Å². The Morgan fingerprint density at radius 3 is 2.50 bits per heavy atom. The van der Waals surface area contributed by atoms with Crippen LogP contribution in [0.1, 0.15) is 9.67 Å². The van der Waals surface area contributed by atoms with Crippen LogP contribution < -0.4 is 11.3 Å². The lowest BCUT2D eigenvalue weighted by Crippen LogP contribution is -2.18. The van der Waals surface area contributed by atoms with E-state index in [0.717, 1.165) is 0 Å². The zero-order chi connectivity index (χ0) is 9.40. The second-order valence-corrected chi connectivity index (χ2v) is 2.51. The standard InChI is InChI=1S/C5H4O2S.CH4N2O/c6-5(7)4-2-1-3-8-4;2-3-1-4/h1-3H,(H,6,7);1H,2H2,(H,3,4). The lowest BCUT2D eigenvalue weighted by Gasteiger charge is -1.78. The lowest BCUT2D eigenvalue weighted by molar-refractivity contribution is -0.109. The minimum atomic E-state index is -0.847. The Morgan fingerprint density at radius 2 is 2.33 bits per heavy atom. The number of rotatable bonds is 2. The molecule has 0 bridgehead atoms. The van der Waals surface area contributed by atoms with Gasteiger partial charge in [-0.1, -0.05) is 6.07 Å². The minimum absolute atomic E-state index is 0.394. The number of carboxylic acid groups (broad SMARTS) is 1. The Balaban J connectivity index is 0.000000261. The van der Waals surface area contributed by atoms with Gasteiger partial charge in [-0.05, 0) is 11.4 Å². The van der Waals surface area contributed by atoms with Gasteiger partial charge in [-0.15, -0.1) is 11.3 Å². The molecule has 12 heavy (non-hydrogen) atoms. The third kappa shape index (κ3) is 4.42. The van der Waals surface area contributed by atoms with Crippen LogP contribution in [0.15, 0.2) is 17.5 Å². The van der Waals surface area contributed by atoms with Crippen molar-refractivity contribution in [3.05, 3.63) is 22.4 Å². The summed E-state index contributed by atoms with van der Waals surface area (Å²) in [6, 6.07) is 3.29. The van der Waals surface area contributed by atoms with Gasteiger partial charge >= 0.3 is 5.97 Å². The molecule has 66 valence electrons. The van der Waals surface area contributed by atoms with Crippen LogP contribution in [-0.2, 0) is 4.79 Å². The number of thiophene rings is 1. The number of carbonyl (C=O) groups excluding carboxylic acids is 1. The van der Waals surface area contributed by atoms with E-state index in [1.165, 1.54) is 11.3 Å². The number of nitrogens with two attached hydrogens (primary N) is 1. The molecule has 1 aromatic heterocycles. The van der Waals surface area contributed by atoms with Gasteiger partial charge in [-0.3, -0.25) is 10.2 Å². The van der Waals surface area contributed by atoms with Gasteiger partial charge in [0.25, 0.3) is 0 Å². The fourth-order valence-corrected chi connectivity index (χ4v) is 0.962. The van der Waals surface area contributed by atoms with E-state index in [-0.39, 0.29) is 0 Å². The van der Waals surface area contributed by atoms with Gasteiger partial charge in [0.1, 0.15) is 4.88 Å². The van der Waals surface area contributed by atoms with E-state index >= 15 is 0 Å². The van der Waals surface area contributed by atoms with Crippen molar-refractivity contribution in [2.45, 2.75) is 0 Å². The molecule has 1 rings (SSSR count). The number of carbonyl (C=O) groups is 2. The van der Waals surface area contributed by atoms with E-state index in [2.05, 4.69) is 5.84 Å². The number of amides is 1. The predicted octanol–water partition coefficient (Wildman–Crippen LogP) is 0.0524. The molecular formula is C6H8N2O3S. The normalized spacial score (nSPS) is 7.75. The molecule has 1 heterocycles. The maximum absolute atomic E-state index is 10.1. The van der Waals surface area contributed by atoms with Crippen molar-refractivity contribution in [2.24, 2.45) is 5.84 Å². The molecule has 0 radical (unpaired) electrons. The van der Waals surface area contributed by atoms with E-state index < -0.39 is 5.97 Å². The monoisotopic (exact) mass is 188 g/mol. The van der Waals surface area contributed by atoms with Crippen LogP contribution >= 0.6 is 11.3 Å². The summed E-state index contributed by atoms with van der Waals surface area (Å²) >= 11 is 1.23. The molecule has 0 unspecified atom stereocenters. The van der Waals surface area contributed by atoms with E-state index in [0.29, 0.717) is 11.3 Å². The number of hydrogen-bond acceptors (Lipinski definition) is 4. The number of aromatic carboxylic acids is 1. The summed E-state index contributed by atoms with van der Waals surface area (Å²) in [5.74, 6) is 3.56. The van der Waals surface area contributed by atoms with Gasteiger partial charge in [0.05, 0.1) is 0 Å². The van der Waals surface area contributed by atoms with Crippen LogP contribution in [0.25, 0.3) is 0 Å². The number of hydrazine groups is 1. The molecule has 0 aromatic carbocycles. The van der Waals surface area contributed by atoms with Gasteiger partial charge in [0.15, 0.2) is 0 Å². The first kappa shape index (κ1) is 10.6. The molecule has 6 heteroatoms. The van der Waals surface area contributed by atoms with Crippen molar-refractivity contribution in [2.75, 3.05) is 0 Å². The summed E-state index contributed by atoms with van der Waals surface area (Å²) in [7, 11) is 0. The molecular weight excluding hydrogens is 180 g/mol. The third-order valence-corrected chi connectivity index (χ3v) is 1.66. The van der Waals surface area contributed by atoms with Gasteiger partial charge in [-0.2, -0.15) is 0 Å². The topological polar surface area (TPSA) is 92.4 Å². The molecule has 0 fully saturated rings. The molecule has 5 nitrogen and oxygen atoms in total. The van der Waals surface area contributed by atoms with Crippen LogP contribution in [-0.4, -0.2) is 17.5 Å². The first-order valence-electron chi connectivity index (χ1n) is 2.89. The molecule has 4 N–H and O–H groups in total. The fraction of sp³-hybridized carbons (Fsp3) is 0. The van der Waals surface area contributed by atoms with E-state index in [4.69, 9.17) is 9.90 Å². The lowest BCUT2D eigenvalue weighted by atomic mass is 10.5. The summed E-state index contributed by atoms with van der Waals surface area (Å²) in [5, 5.41) is 10.0. The van der Waals surface area contributed by atoms with E-state index in [9.17, 15) is 4.79 Å². The fourth-order valence-electron chi connectivity index (χ4n) is 0.400. The van der Waals surface area contributed by atoms with Crippen molar-refractivity contribution >= 4 is 23.7 Å². The van der Waals surface area contributed by atoms with Crippen molar-refractivity contribution < 1.29 is 14.7 Å². The summed E-state index contributed by atoms with van der Waals surface area (Å²) < 4.78 is 0. The average molecular weight is 188 g/mol. The highest BCUT2D eigenvalue weighted by atomic mass is 32.1. The zero-order valence-corrected chi connectivity index (χ0v) is 6.88. The minimum Gasteiger partial charge on any atom is -0.477 e. The Kier molecular flexibility index (Phi) is 5.58. The van der Waals surface area contributed by atoms with Gasteiger partial charge in [-0.25, -0.2) is 10.6 Å². The van der Waals surface area contributed by atoms with Crippen LogP contribution in [0.2, 0.25) is 0 Å². The van der Waals surface area contributed by atoms with Gasteiger partial charge in [0, 0.05) is 0 Å². The number of hydrogen-bond donors (Lipinski definition) is 3. The maximum atomic E-state index is 10.1. The number of nitrogens with one attached hydrogen (secondary N) is 1.